The standard InChI is InChI=1S/C16H18FN5O2S2/c1-11-18-19-16-22(11)20-15(25-16)13-6-8-21(9-7-13)26(23,24)10-12-2-4-14(17)5-3-12/h2-5,13H,6-10H2,1H3. The average Bonchev–Trinajstić information content (AvgIpc) is 3.19. The van der Waals surface area contributed by atoms with Gasteiger partial charge in [-0.25, -0.2) is 17.1 Å². The molecule has 1 fully saturated rings. The van der Waals surface area contributed by atoms with Crippen molar-refractivity contribution in [3.8, 4) is 0 Å². The summed E-state index contributed by atoms with van der Waals surface area (Å²) >= 11 is 1.51. The van der Waals surface area contributed by atoms with Crippen LogP contribution >= 0.6 is 11.3 Å². The lowest BCUT2D eigenvalue weighted by Crippen LogP contribution is -2.38. The molecule has 26 heavy (non-hydrogen) atoms. The lowest BCUT2D eigenvalue weighted by molar-refractivity contribution is 0.318. The topological polar surface area (TPSA) is 80.5 Å². The molecule has 3 aromatic rings. The van der Waals surface area contributed by atoms with Gasteiger partial charge in [0.2, 0.25) is 15.0 Å². The summed E-state index contributed by atoms with van der Waals surface area (Å²) in [6, 6.07) is 5.60. The maximum atomic E-state index is 13.0. The smallest absolute Gasteiger partial charge is 0.212 e. The van der Waals surface area contributed by atoms with Crippen LogP contribution in [-0.2, 0) is 15.8 Å². The lowest BCUT2D eigenvalue weighted by atomic mass is 9.99. The number of halogens is 1. The molecule has 138 valence electrons. The van der Waals surface area contributed by atoms with Crippen molar-refractivity contribution >= 4 is 26.3 Å². The Balaban J connectivity index is 1.42. The van der Waals surface area contributed by atoms with E-state index in [1.54, 1.807) is 4.52 Å². The largest absolute Gasteiger partial charge is 0.234 e. The van der Waals surface area contributed by atoms with E-state index in [0.29, 0.717) is 18.7 Å². The minimum atomic E-state index is -3.41. The summed E-state index contributed by atoms with van der Waals surface area (Å²) in [7, 11) is -3.41. The highest BCUT2D eigenvalue weighted by molar-refractivity contribution is 7.88. The fraction of sp³-hybridized carbons (Fsp3) is 0.438. The zero-order valence-corrected chi connectivity index (χ0v) is 15.8. The van der Waals surface area contributed by atoms with Crippen molar-refractivity contribution in [2.24, 2.45) is 0 Å². The van der Waals surface area contributed by atoms with E-state index in [9.17, 15) is 12.8 Å². The normalized spacial score (nSPS) is 17.2. The Morgan fingerprint density at radius 1 is 1.19 bits per heavy atom. The van der Waals surface area contributed by atoms with Crippen molar-refractivity contribution in [2.75, 3.05) is 13.1 Å². The molecule has 1 aliphatic rings. The van der Waals surface area contributed by atoms with Gasteiger partial charge in [0.05, 0.1) is 5.75 Å². The minimum Gasteiger partial charge on any atom is -0.212 e. The van der Waals surface area contributed by atoms with Crippen molar-refractivity contribution in [3.63, 3.8) is 0 Å². The Morgan fingerprint density at radius 3 is 2.54 bits per heavy atom. The number of aryl methyl sites for hydroxylation is 1. The summed E-state index contributed by atoms with van der Waals surface area (Å²) in [6.07, 6.45) is 1.46. The van der Waals surface area contributed by atoms with Crippen LogP contribution in [0.15, 0.2) is 24.3 Å². The summed E-state index contributed by atoms with van der Waals surface area (Å²) < 4.78 is 41.5. The van der Waals surface area contributed by atoms with Crippen LogP contribution in [0.25, 0.3) is 4.96 Å². The first-order valence-corrected chi connectivity index (χ1v) is 10.8. The van der Waals surface area contributed by atoms with Gasteiger partial charge in [0.1, 0.15) is 10.8 Å². The monoisotopic (exact) mass is 395 g/mol. The number of piperidine rings is 1. The van der Waals surface area contributed by atoms with Crippen LogP contribution in [0.1, 0.15) is 35.2 Å². The van der Waals surface area contributed by atoms with Gasteiger partial charge in [-0.3, -0.25) is 0 Å². The molecule has 0 radical (unpaired) electrons. The number of nitrogens with zero attached hydrogens (tertiary/aromatic N) is 5. The Kier molecular flexibility index (Phi) is 4.49. The number of benzene rings is 1. The molecule has 3 heterocycles. The maximum absolute atomic E-state index is 13.0. The predicted octanol–water partition coefficient (Wildman–Crippen LogP) is 2.34. The first kappa shape index (κ1) is 17.5. The SMILES string of the molecule is Cc1nnc2sc(C3CCN(S(=O)(=O)Cc4ccc(F)cc4)CC3)nn12. The summed E-state index contributed by atoms with van der Waals surface area (Å²) in [5, 5.41) is 13.6. The van der Waals surface area contributed by atoms with E-state index in [0.717, 1.165) is 28.6 Å². The number of rotatable bonds is 4. The predicted molar refractivity (Wildman–Crippen MR) is 96.0 cm³/mol. The number of fused-ring (bicyclic) bond motifs is 1. The number of hydrogen-bond acceptors (Lipinski definition) is 6. The molecule has 10 heteroatoms. The van der Waals surface area contributed by atoms with Crippen LogP contribution in [0.4, 0.5) is 4.39 Å². The zero-order valence-electron chi connectivity index (χ0n) is 14.2. The van der Waals surface area contributed by atoms with E-state index >= 15 is 0 Å². The Labute approximate surface area is 154 Å². The molecule has 7 nitrogen and oxygen atoms in total. The van der Waals surface area contributed by atoms with Gasteiger partial charge in [0, 0.05) is 19.0 Å². The van der Waals surface area contributed by atoms with Gasteiger partial charge < -0.3 is 0 Å². The van der Waals surface area contributed by atoms with E-state index in [2.05, 4.69) is 15.3 Å². The molecule has 0 spiro atoms. The van der Waals surface area contributed by atoms with E-state index in [-0.39, 0.29) is 17.5 Å². The Bertz CT molecular complexity index is 1020. The van der Waals surface area contributed by atoms with Crippen LogP contribution < -0.4 is 0 Å². The van der Waals surface area contributed by atoms with Crippen LogP contribution in [0.2, 0.25) is 0 Å². The van der Waals surface area contributed by atoms with Gasteiger partial charge >= 0.3 is 0 Å². The second kappa shape index (κ2) is 6.67. The molecule has 1 aromatic carbocycles. The molecule has 0 atom stereocenters. The number of hydrogen-bond donors (Lipinski definition) is 0. The molecule has 1 aliphatic heterocycles. The molecular formula is C16H18FN5O2S2. The number of aromatic nitrogens is 4. The second-order valence-corrected chi connectivity index (χ2v) is 9.39. The van der Waals surface area contributed by atoms with Crippen LogP contribution in [0, 0.1) is 12.7 Å². The van der Waals surface area contributed by atoms with Crippen LogP contribution in [-0.4, -0.2) is 45.6 Å². The Morgan fingerprint density at radius 2 is 1.88 bits per heavy atom. The van der Waals surface area contributed by atoms with Gasteiger partial charge in [0.15, 0.2) is 5.82 Å². The molecule has 0 bridgehead atoms. The quantitative estimate of drug-likeness (QED) is 0.677. The Hall–Kier alpha value is -1.91. The highest BCUT2D eigenvalue weighted by Gasteiger charge is 2.30. The van der Waals surface area contributed by atoms with Gasteiger partial charge in [-0.1, -0.05) is 23.5 Å². The van der Waals surface area contributed by atoms with E-state index in [1.165, 1.54) is 39.9 Å². The van der Waals surface area contributed by atoms with Crippen molar-refractivity contribution in [1.82, 2.24) is 24.1 Å². The second-order valence-electron chi connectivity index (χ2n) is 6.44. The fourth-order valence-corrected chi connectivity index (χ4v) is 5.77. The van der Waals surface area contributed by atoms with Gasteiger partial charge in [-0.05, 0) is 37.5 Å². The van der Waals surface area contributed by atoms with Gasteiger partial charge in [-0.15, -0.1) is 10.2 Å². The summed E-state index contributed by atoms with van der Waals surface area (Å²) in [5.74, 6) is 0.515. The fourth-order valence-electron chi connectivity index (χ4n) is 3.16. The molecule has 0 aliphatic carbocycles. The van der Waals surface area contributed by atoms with Gasteiger partial charge in [0.25, 0.3) is 0 Å². The van der Waals surface area contributed by atoms with Crippen molar-refractivity contribution in [3.05, 3.63) is 46.5 Å². The summed E-state index contributed by atoms with van der Waals surface area (Å²) in [4.78, 5) is 0.767. The van der Waals surface area contributed by atoms with Crippen molar-refractivity contribution in [2.45, 2.75) is 31.4 Å². The summed E-state index contributed by atoms with van der Waals surface area (Å²) in [6.45, 7) is 2.79. The van der Waals surface area contributed by atoms with E-state index in [1.807, 2.05) is 6.92 Å². The highest BCUT2D eigenvalue weighted by Crippen LogP contribution is 2.32. The molecule has 0 amide bonds. The summed E-state index contributed by atoms with van der Waals surface area (Å²) in [5.41, 5.74) is 0.595. The first-order valence-electron chi connectivity index (χ1n) is 8.33. The molecule has 2 aromatic heterocycles. The molecule has 0 unspecified atom stereocenters. The molecule has 1 saturated heterocycles. The lowest BCUT2D eigenvalue weighted by Gasteiger charge is -2.30. The average molecular weight is 395 g/mol. The van der Waals surface area contributed by atoms with Crippen molar-refractivity contribution in [1.29, 1.82) is 0 Å². The van der Waals surface area contributed by atoms with Crippen LogP contribution in [0.5, 0.6) is 0 Å². The molecule has 0 saturated carbocycles. The third kappa shape index (κ3) is 3.36. The highest BCUT2D eigenvalue weighted by atomic mass is 32.2. The molecule has 4 rings (SSSR count). The first-order chi connectivity index (χ1) is 12.4. The van der Waals surface area contributed by atoms with Crippen molar-refractivity contribution < 1.29 is 12.8 Å². The third-order valence-corrected chi connectivity index (χ3v) is 7.53. The third-order valence-electron chi connectivity index (χ3n) is 4.62. The van der Waals surface area contributed by atoms with E-state index < -0.39 is 10.0 Å². The van der Waals surface area contributed by atoms with Crippen LogP contribution in [0.3, 0.4) is 0 Å². The minimum absolute atomic E-state index is 0.103. The number of sulfonamides is 1. The molecule has 0 N–H and O–H groups in total. The van der Waals surface area contributed by atoms with Gasteiger partial charge in [-0.2, -0.15) is 9.61 Å². The maximum Gasteiger partial charge on any atom is 0.234 e. The molecular weight excluding hydrogens is 377 g/mol. The zero-order chi connectivity index (χ0) is 18.3. The van der Waals surface area contributed by atoms with E-state index in [4.69, 9.17) is 0 Å².